The number of nitrogens with zero attached hydrogens (tertiary/aromatic N) is 1. The van der Waals surface area contributed by atoms with Gasteiger partial charge in [-0.05, 0) is 61.1 Å². The van der Waals surface area contributed by atoms with Crippen LogP contribution in [0, 0.1) is 5.92 Å². The molecule has 1 saturated heterocycles. The average Bonchev–Trinajstić information content (AvgIpc) is 2.72. The fourth-order valence-corrected chi connectivity index (χ4v) is 5.75. The van der Waals surface area contributed by atoms with Crippen molar-refractivity contribution >= 4 is 43.5 Å². The molecule has 0 bridgehead atoms. The summed E-state index contributed by atoms with van der Waals surface area (Å²) in [5.41, 5.74) is 1.95. The van der Waals surface area contributed by atoms with Crippen molar-refractivity contribution in [2.24, 2.45) is 5.92 Å². The van der Waals surface area contributed by atoms with Gasteiger partial charge in [-0.3, -0.25) is 4.79 Å². The van der Waals surface area contributed by atoms with Crippen LogP contribution >= 0.6 is 27.5 Å². The number of carbonyl (C=O) groups is 1. The van der Waals surface area contributed by atoms with Gasteiger partial charge in [0.15, 0.2) is 0 Å². The highest BCUT2D eigenvalue weighted by Crippen LogP contribution is 2.23. The Morgan fingerprint density at radius 1 is 1.10 bits per heavy atom. The number of rotatable bonds is 8. The minimum Gasteiger partial charge on any atom is -0.356 e. The highest BCUT2D eigenvalue weighted by molar-refractivity contribution is 9.10. The number of aryl methyl sites for hydroxylation is 1. The van der Waals surface area contributed by atoms with Gasteiger partial charge in [0.05, 0.1) is 5.75 Å². The molecule has 0 radical (unpaired) electrons. The number of hydrogen-bond donors (Lipinski definition) is 1. The van der Waals surface area contributed by atoms with E-state index in [1.807, 2.05) is 48.5 Å². The molecule has 0 aliphatic carbocycles. The Morgan fingerprint density at radius 3 is 2.47 bits per heavy atom. The molecule has 3 rings (SSSR count). The fraction of sp³-hybridized carbons (Fsp3) is 0.409. The molecule has 0 aromatic heterocycles. The van der Waals surface area contributed by atoms with Crippen molar-refractivity contribution in [2.75, 3.05) is 19.6 Å². The fourth-order valence-electron chi connectivity index (χ4n) is 3.62. The van der Waals surface area contributed by atoms with E-state index < -0.39 is 10.0 Å². The van der Waals surface area contributed by atoms with Crippen molar-refractivity contribution in [1.82, 2.24) is 9.62 Å². The molecule has 1 amide bonds. The zero-order chi connectivity index (χ0) is 21.6. The number of amides is 1. The maximum atomic E-state index is 12.7. The summed E-state index contributed by atoms with van der Waals surface area (Å²) in [5, 5.41) is 3.71. The van der Waals surface area contributed by atoms with Crippen molar-refractivity contribution in [3.8, 4) is 0 Å². The van der Waals surface area contributed by atoms with E-state index in [0.717, 1.165) is 27.9 Å². The Balaban J connectivity index is 1.40. The summed E-state index contributed by atoms with van der Waals surface area (Å²) < 4.78 is 27.8. The smallest absolute Gasteiger partial charge is 0.223 e. The van der Waals surface area contributed by atoms with Gasteiger partial charge in [0.25, 0.3) is 0 Å². The monoisotopic (exact) mass is 512 g/mol. The minimum atomic E-state index is -3.39. The molecular formula is C22H26BrClN2O3S. The van der Waals surface area contributed by atoms with Gasteiger partial charge >= 0.3 is 0 Å². The molecule has 8 heteroatoms. The first-order chi connectivity index (χ1) is 14.3. The second-order valence-electron chi connectivity index (χ2n) is 7.58. The number of hydrogen-bond acceptors (Lipinski definition) is 3. The Bertz CT molecular complexity index is 959. The lowest BCUT2D eigenvalue weighted by atomic mass is 9.97. The Morgan fingerprint density at radius 2 is 1.80 bits per heavy atom. The van der Waals surface area contributed by atoms with Gasteiger partial charge in [-0.25, -0.2) is 12.7 Å². The van der Waals surface area contributed by atoms with Gasteiger partial charge < -0.3 is 5.32 Å². The van der Waals surface area contributed by atoms with Crippen molar-refractivity contribution in [3.05, 3.63) is 69.2 Å². The van der Waals surface area contributed by atoms with Crippen LogP contribution < -0.4 is 5.32 Å². The lowest BCUT2D eigenvalue weighted by Gasteiger charge is -2.30. The molecule has 1 aliphatic heterocycles. The third kappa shape index (κ3) is 6.80. The average molecular weight is 514 g/mol. The van der Waals surface area contributed by atoms with Crippen LogP contribution in [0.25, 0.3) is 0 Å². The maximum Gasteiger partial charge on any atom is 0.223 e. The van der Waals surface area contributed by atoms with Gasteiger partial charge in [0.1, 0.15) is 0 Å². The number of carbonyl (C=O) groups excluding carboxylic acids is 1. The van der Waals surface area contributed by atoms with Crippen molar-refractivity contribution in [1.29, 1.82) is 0 Å². The van der Waals surface area contributed by atoms with E-state index in [4.69, 9.17) is 11.6 Å². The van der Waals surface area contributed by atoms with Crippen molar-refractivity contribution in [2.45, 2.75) is 31.4 Å². The van der Waals surface area contributed by atoms with E-state index in [1.54, 1.807) is 0 Å². The normalized spacial score (nSPS) is 15.8. The number of benzene rings is 2. The second-order valence-corrected chi connectivity index (χ2v) is 10.9. The zero-order valence-electron chi connectivity index (χ0n) is 16.7. The van der Waals surface area contributed by atoms with E-state index >= 15 is 0 Å². The Hall–Kier alpha value is -1.41. The predicted octanol–water partition coefficient (Wildman–Crippen LogP) is 4.39. The van der Waals surface area contributed by atoms with Crippen LogP contribution in [0.3, 0.4) is 0 Å². The largest absolute Gasteiger partial charge is 0.356 e. The van der Waals surface area contributed by atoms with Crippen LogP contribution in [0.5, 0.6) is 0 Å². The van der Waals surface area contributed by atoms with Gasteiger partial charge in [-0.1, -0.05) is 51.8 Å². The topological polar surface area (TPSA) is 66.5 Å². The third-order valence-corrected chi connectivity index (χ3v) is 7.91. The number of nitrogens with one attached hydrogen (secondary N) is 1. The van der Waals surface area contributed by atoms with Crippen LogP contribution in [0.15, 0.2) is 53.0 Å². The highest BCUT2D eigenvalue weighted by Gasteiger charge is 2.31. The quantitative estimate of drug-likeness (QED) is 0.532. The van der Waals surface area contributed by atoms with E-state index in [-0.39, 0.29) is 17.6 Å². The first-order valence-electron chi connectivity index (χ1n) is 10.1. The van der Waals surface area contributed by atoms with Gasteiger partial charge in [0.2, 0.25) is 15.9 Å². The summed E-state index contributed by atoms with van der Waals surface area (Å²) in [7, 11) is -3.39. The van der Waals surface area contributed by atoms with E-state index in [9.17, 15) is 13.2 Å². The molecule has 0 unspecified atom stereocenters. The molecule has 0 saturated carbocycles. The summed E-state index contributed by atoms with van der Waals surface area (Å²) in [4.78, 5) is 12.4. The third-order valence-electron chi connectivity index (χ3n) is 5.31. The first-order valence-corrected chi connectivity index (χ1v) is 12.9. The summed E-state index contributed by atoms with van der Waals surface area (Å²) >= 11 is 9.26. The van der Waals surface area contributed by atoms with E-state index in [2.05, 4.69) is 21.2 Å². The highest BCUT2D eigenvalue weighted by atomic mass is 79.9. The zero-order valence-corrected chi connectivity index (χ0v) is 19.8. The summed E-state index contributed by atoms with van der Waals surface area (Å²) in [6, 6.07) is 15.1. The molecule has 5 nitrogen and oxygen atoms in total. The predicted molar refractivity (Wildman–Crippen MR) is 124 cm³/mol. The van der Waals surface area contributed by atoms with Crippen LogP contribution in [0.2, 0.25) is 5.02 Å². The summed E-state index contributed by atoms with van der Waals surface area (Å²) in [6.07, 6.45) is 2.85. The van der Waals surface area contributed by atoms with Gasteiger partial charge in [-0.15, -0.1) is 0 Å². The molecule has 1 heterocycles. The summed E-state index contributed by atoms with van der Waals surface area (Å²) in [6.45, 7) is 1.39. The molecule has 162 valence electrons. The van der Waals surface area contributed by atoms with Crippen LogP contribution in [0.1, 0.15) is 30.4 Å². The van der Waals surface area contributed by atoms with E-state index in [0.29, 0.717) is 32.5 Å². The lowest BCUT2D eigenvalue weighted by molar-refractivity contribution is -0.126. The first kappa shape index (κ1) is 23.3. The molecule has 1 fully saturated rings. The molecule has 2 aromatic carbocycles. The second kappa shape index (κ2) is 10.8. The van der Waals surface area contributed by atoms with Crippen molar-refractivity contribution in [3.63, 3.8) is 0 Å². The van der Waals surface area contributed by atoms with E-state index in [1.165, 1.54) is 9.87 Å². The minimum absolute atomic E-state index is 0.0198. The van der Waals surface area contributed by atoms with Gasteiger partial charge in [-0.2, -0.15) is 0 Å². The molecule has 1 aliphatic rings. The van der Waals surface area contributed by atoms with Crippen LogP contribution in [-0.4, -0.2) is 38.3 Å². The molecule has 0 atom stereocenters. The lowest BCUT2D eigenvalue weighted by Crippen LogP contribution is -2.43. The molecule has 2 aromatic rings. The molecule has 1 N–H and O–H groups in total. The number of halogens is 2. The molecular weight excluding hydrogens is 488 g/mol. The Labute approximate surface area is 192 Å². The standard InChI is InChI=1S/C22H26BrClN2O3S/c23-20-5-1-3-18(15-20)16-30(28,29)26-13-10-19(11-14-26)22(27)25-12-2-4-17-6-8-21(24)9-7-17/h1,3,5-9,15,19H,2,4,10-14,16H2,(H,25,27). The summed E-state index contributed by atoms with van der Waals surface area (Å²) in [5.74, 6) is -0.124. The molecule has 0 spiro atoms. The molecule has 30 heavy (non-hydrogen) atoms. The van der Waals surface area contributed by atoms with Gasteiger partial charge in [0, 0.05) is 35.0 Å². The van der Waals surface area contributed by atoms with Crippen LogP contribution in [-0.2, 0) is 27.0 Å². The van der Waals surface area contributed by atoms with Crippen molar-refractivity contribution < 1.29 is 13.2 Å². The number of sulfonamides is 1. The maximum absolute atomic E-state index is 12.7. The van der Waals surface area contributed by atoms with Crippen LogP contribution in [0.4, 0.5) is 0 Å². The Kier molecular flexibility index (Phi) is 8.34. The number of piperidine rings is 1. The SMILES string of the molecule is O=C(NCCCc1ccc(Cl)cc1)C1CCN(S(=O)(=O)Cc2cccc(Br)c2)CC1.